The second kappa shape index (κ2) is 8.63. The Labute approximate surface area is 196 Å². The Morgan fingerprint density at radius 2 is 2.19 bits per heavy atom. The number of benzene rings is 1. The van der Waals surface area contributed by atoms with Gasteiger partial charge < -0.3 is 19.6 Å². The van der Waals surface area contributed by atoms with E-state index < -0.39 is 6.10 Å². The van der Waals surface area contributed by atoms with Gasteiger partial charge in [-0.2, -0.15) is 0 Å². The lowest BCUT2D eigenvalue weighted by atomic mass is 10.00. The molecule has 1 fully saturated rings. The zero-order chi connectivity index (χ0) is 22.4. The second-order valence-electron chi connectivity index (χ2n) is 8.74. The summed E-state index contributed by atoms with van der Waals surface area (Å²) in [6, 6.07) is 8.02. The average molecular weight is 472 g/mol. The van der Waals surface area contributed by atoms with E-state index in [1.165, 1.54) is 11.3 Å². The van der Waals surface area contributed by atoms with E-state index in [4.69, 9.17) is 16.3 Å². The van der Waals surface area contributed by atoms with Gasteiger partial charge >= 0.3 is 0 Å². The van der Waals surface area contributed by atoms with E-state index in [9.17, 15) is 9.90 Å². The number of piperidine rings is 1. The number of aliphatic hydroxyl groups is 1. The summed E-state index contributed by atoms with van der Waals surface area (Å²) in [5.41, 5.74) is 3.61. The molecular formula is C24H26ClN3O3S. The maximum absolute atomic E-state index is 13.3. The van der Waals surface area contributed by atoms with Gasteiger partial charge in [0.15, 0.2) is 6.10 Å². The van der Waals surface area contributed by atoms with Crippen molar-refractivity contribution in [1.82, 2.24) is 14.8 Å². The summed E-state index contributed by atoms with van der Waals surface area (Å²) in [5.74, 6) is 0.772. The Morgan fingerprint density at radius 3 is 2.97 bits per heavy atom. The molecule has 2 aromatic heterocycles. The Bertz CT molecular complexity index is 1180. The van der Waals surface area contributed by atoms with Crippen LogP contribution in [0.2, 0.25) is 5.02 Å². The third kappa shape index (κ3) is 3.88. The molecule has 8 heteroatoms. The van der Waals surface area contributed by atoms with Gasteiger partial charge in [-0.25, -0.2) is 0 Å². The van der Waals surface area contributed by atoms with Crippen LogP contribution < -0.4 is 4.74 Å². The number of likely N-dealkylation sites (N-methyl/N-ethyl adjacent to an activating group) is 1. The fraction of sp³-hybridized carbons (Fsp3) is 0.417. The summed E-state index contributed by atoms with van der Waals surface area (Å²) >= 11 is 8.00. The molecule has 4 heterocycles. The highest BCUT2D eigenvalue weighted by atomic mass is 35.5. The van der Waals surface area contributed by atoms with Crippen molar-refractivity contribution in [3.05, 3.63) is 45.9 Å². The molecule has 1 aromatic carbocycles. The normalized spacial score (nSPS) is 20.6. The largest absolute Gasteiger partial charge is 0.479 e. The molecule has 168 valence electrons. The molecule has 0 saturated carbocycles. The Morgan fingerprint density at radius 1 is 1.34 bits per heavy atom. The predicted molar refractivity (Wildman–Crippen MR) is 127 cm³/mol. The number of thiophene rings is 1. The van der Waals surface area contributed by atoms with E-state index in [1.54, 1.807) is 6.20 Å². The van der Waals surface area contributed by atoms with E-state index >= 15 is 0 Å². The van der Waals surface area contributed by atoms with Gasteiger partial charge in [-0.15, -0.1) is 11.3 Å². The first-order valence-corrected chi connectivity index (χ1v) is 12.1. The third-order valence-electron chi connectivity index (χ3n) is 6.42. The van der Waals surface area contributed by atoms with Crippen molar-refractivity contribution in [2.45, 2.75) is 38.0 Å². The van der Waals surface area contributed by atoms with Crippen LogP contribution in [0, 0.1) is 0 Å². The fourth-order valence-electron chi connectivity index (χ4n) is 4.72. The number of aliphatic hydroxyl groups excluding tert-OH is 1. The van der Waals surface area contributed by atoms with Crippen LogP contribution in [0.25, 0.3) is 21.3 Å². The molecule has 0 aliphatic carbocycles. The van der Waals surface area contributed by atoms with Gasteiger partial charge in [0.25, 0.3) is 5.91 Å². The van der Waals surface area contributed by atoms with E-state index in [-0.39, 0.29) is 12.5 Å². The smallest absolute Gasteiger partial charge is 0.264 e. The highest BCUT2D eigenvalue weighted by Gasteiger charge is 2.36. The van der Waals surface area contributed by atoms with Gasteiger partial charge in [0, 0.05) is 58.3 Å². The van der Waals surface area contributed by atoms with Crippen LogP contribution in [0.15, 0.2) is 30.5 Å². The highest BCUT2D eigenvalue weighted by Crippen LogP contribution is 2.44. The standard InChI is InChI=1S/C24H26ClN3O3S/c1-27(2)16-4-3-7-28(12-16)24(30)21-9-14-8-15(25)10-19(22(14)31-21)18-5-6-26-20-11-17(13-29)32-23(18)20/h5-6,8,10-11,16,21,29H,3-4,7,9,12-13H2,1-2H3. The highest BCUT2D eigenvalue weighted by molar-refractivity contribution is 7.19. The molecule has 5 rings (SSSR count). The number of hydrogen-bond acceptors (Lipinski definition) is 6. The molecule has 0 spiro atoms. The van der Waals surface area contributed by atoms with Crippen molar-refractivity contribution in [1.29, 1.82) is 0 Å². The maximum atomic E-state index is 13.3. The molecule has 1 amide bonds. The molecule has 2 unspecified atom stereocenters. The van der Waals surface area contributed by atoms with E-state index in [1.807, 2.05) is 29.2 Å². The number of hydrogen-bond donors (Lipinski definition) is 1. The topological polar surface area (TPSA) is 65.9 Å². The molecule has 1 saturated heterocycles. The molecule has 1 N–H and O–H groups in total. The minimum Gasteiger partial charge on any atom is -0.479 e. The van der Waals surface area contributed by atoms with Crippen molar-refractivity contribution < 1.29 is 14.6 Å². The number of aromatic nitrogens is 1. The number of carbonyl (C=O) groups excluding carboxylic acids is 1. The first-order valence-electron chi connectivity index (χ1n) is 10.9. The second-order valence-corrected chi connectivity index (χ2v) is 10.3. The van der Waals surface area contributed by atoms with Crippen LogP contribution in [-0.4, -0.2) is 65.1 Å². The van der Waals surface area contributed by atoms with Crippen molar-refractivity contribution in [2.24, 2.45) is 0 Å². The molecule has 2 aliphatic heterocycles. The van der Waals surface area contributed by atoms with Crippen molar-refractivity contribution in [3.63, 3.8) is 0 Å². The molecule has 0 radical (unpaired) electrons. The van der Waals surface area contributed by atoms with E-state index in [2.05, 4.69) is 24.0 Å². The zero-order valence-electron chi connectivity index (χ0n) is 18.2. The SMILES string of the molecule is CN(C)C1CCCN(C(=O)C2Cc3cc(Cl)cc(-c4ccnc5cc(CO)sc45)c3O2)C1. The third-order valence-corrected chi connectivity index (χ3v) is 7.78. The molecule has 32 heavy (non-hydrogen) atoms. The van der Waals surface area contributed by atoms with Crippen LogP contribution in [0.1, 0.15) is 23.3 Å². The van der Waals surface area contributed by atoms with Gasteiger partial charge in [0.05, 0.1) is 16.8 Å². The van der Waals surface area contributed by atoms with Crippen LogP contribution in [0.5, 0.6) is 5.75 Å². The van der Waals surface area contributed by atoms with Crippen LogP contribution in [0.4, 0.5) is 0 Å². The molecule has 3 aromatic rings. The summed E-state index contributed by atoms with van der Waals surface area (Å²) < 4.78 is 7.29. The number of carbonyl (C=O) groups is 1. The number of halogens is 1. The zero-order valence-corrected chi connectivity index (χ0v) is 19.7. The lowest BCUT2D eigenvalue weighted by Gasteiger charge is -2.37. The predicted octanol–water partition coefficient (Wildman–Crippen LogP) is 3.97. The Balaban J connectivity index is 1.47. The number of ether oxygens (including phenoxy) is 1. The number of likely N-dealkylation sites (tertiary alicyclic amines) is 1. The minimum absolute atomic E-state index is 0.0228. The summed E-state index contributed by atoms with van der Waals surface area (Å²) in [7, 11) is 4.13. The van der Waals surface area contributed by atoms with E-state index in [0.717, 1.165) is 63.5 Å². The van der Waals surface area contributed by atoms with Crippen LogP contribution in [0.3, 0.4) is 0 Å². The van der Waals surface area contributed by atoms with Gasteiger partial charge in [-0.1, -0.05) is 11.6 Å². The van der Waals surface area contributed by atoms with Crippen LogP contribution in [-0.2, 0) is 17.8 Å². The lowest BCUT2D eigenvalue weighted by molar-refractivity contribution is -0.139. The first-order chi connectivity index (χ1) is 15.4. The van der Waals surface area contributed by atoms with Crippen molar-refractivity contribution in [2.75, 3.05) is 27.2 Å². The van der Waals surface area contributed by atoms with Gasteiger partial charge in [-0.05, 0) is 51.2 Å². The average Bonchev–Trinajstić information content (AvgIpc) is 3.41. The molecular weight excluding hydrogens is 446 g/mol. The minimum atomic E-state index is -0.531. The number of nitrogens with zero attached hydrogens (tertiary/aromatic N) is 3. The maximum Gasteiger partial charge on any atom is 0.264 e. The lowest BCUT2D eigenvalue weighted by Crippen LogP contribution is -2.51. The quantitative estimate of drug-likeness (QED) is 0.623. The van der Waals surface area contributed by atoms with Crippen molar-refractivity contribution in [3.8, 4) is 16.9 Å². The molecule has 2 aliphatic rings. The Hall–Kier alpha value is -2.19. The van der Waals surface area contributed by atoms with Gasteiger partial charge in [0.1, 0.15) is 5.75 Å². The summed E-state index contributed by atoms with van der Waals surface area (Å²) in [5, 5.41) is 10.2. The molecule has 2 atom stereocenters. The molecule has 6 nitrogen and oxygen atoms in total. The fourth-order valence-corrected chi connectivity index (χ4v) is 5.96. The van der Waals surface area contributed by atoms with Crippen molar-refractivity contribution >= 4 is 39.1 Å². The van der Waals surface area contributed by atoms with Crippen LogP contribution >= 0.6 is 22.9 Å². The number of amides is 1. The van der Waals surface area contributed by atoms with E-state index in [0.29, 0.717) is 17.5 Å². The molecule has 0 bridgehead atoms. The number of rotatable bonds is 4. The summed E-state index contributed by atoms with van der Waals surface area (Å²) in [6.07, 6.45) is 3.86. The summed E-state index contributed by atoms with van der Waals surface area (Å²) in [6.45, 7) is 1.49. The monoisotopic (exact) mass is 471 g/mol. The van der Waals surface area contributed by atoms with Gasteiger partial charge in [-0.3, -0.25) is 9.78 Å². The van der Waals surface area contributed by atoms with Gasteiger partial charge in [0.2, 0.25) is 0 Å². The first kappa shape index (κ1) is 21.6. The number of fused-ring (bicyclic) bond motifs is 2. The Kier molecular flexibility index (Phi) is 5.84. The number of pyridine rings is 1. The summed E-state index contributed by atoms with van der Waals surface area (Å²) in [4.78, 5) is 22.8.